The SMILES string of the molecule is O=C(c1cccc2cc[nH]c12)N1CC(CN2CCC(c3ccc(F)cc3)CC2)C(c2ccsc2)C1. The molecule has 0 saturated carbocycles. The zero-order valence-corrected chi connectivity index (χ0v) is 20.5. The first-order valence-electron chi connectivity index (χ1n) is 12.5. The van der Waals surface area contributed by atoms with Crippen LogP contribution in [0.25, 0.3) is 10.9 Å². The summed E-state index contributed by atoms with van der Waals surface area (Å²) in [7, 11) is 0. The van der Waals surface area contributed by atoms with E-state index in [1.54, 1.807) is 23.5 Å². The van der Waals surface area contributed by atoms with Crippen molar-refractivity contribution in [3.05, 3.63) is 94.1 Å². The standard InChI is InChI=1S/C29H30FN3OS/c30-25-6-4-20(5-7-25)21-9-13-32(14-10-21)16-24-17-33(18-27(24)23-11-15-35-19-23)29(34)26-3-1-2-22-8-12-31-28(22)26/h1-8,11-12,15,19,21,24,27,31H,9-10,13-14,16-18H2. The van der Waals surface area contributed by atoms with Crippen LogP contribution in [0.1, 0.15) is 46.2 Å². The van der Waals surface area contributed by atoms with Crippen molar-refractivity contribution >= 4 is 28.1 Å². The van der Waals surface area contributed by atoms with E-state index < -0.39 is 0 Å². The summed E-state index contributed by atoms with van der Waals surface area (Å²) in [6.07, 6.45) is 4.09. The predicted octanol–water partition coefficient (Wildman–Crippen LogP) is 6.10. The lowest BCUT2D eigenvalue weighted by atomic mass is 9.87. The molecule has 0 aliphatic carbocycles. The van der Waals surface area contributed by atoms with Gasteiger partial charge in [-0.15, -0.1) is 0 Å². The van der Waals surface area contributed by atoms with Crippen LogP contribution in [0.15, 0.2) is 71.6 Å². The lowest BCUT2D eigenvalue weighted by Crippen LogP contribution is -2.38. The Kier molecular flexibility index (Phi) is 6.17. The number of para-hydroxylation sites is 1. The molecule has 2 aromatic heterocycles. The summed E-state index contributed by atoms with van der Waals surface area (Å²) >= 11 is 1.73. The van der Waals surface area contributed by atoms with E-state index in [0.717, 1.165) is 62.0 Å². The second kappa shape index (κ2) is 9.59. The van der Waals surface area contributed by atoms with Crippen molar-refractivity contribution in [1.29, 1.82) is 0 Å². The monoisotopic (exact) mass is 487 g/mol. The molecule has 2 saturated heterocycles. The van der Waals surface area contributed by atoms with Crippen LogP contribution in [0, 0.1) is 11.7 Å². The number of carbonyl (C=O) groups excluding carboxylic acids is 1. The van der Waals surface area contributed by atoms with Gasteiger partial charge < -0.3 is 14.8 Å². The van der Waals surface area contributed by atoms with Gasteiger partial charge in [0.1, 0.15) is 5.82 Å². The van der Waals surface area contributed by atoms with E-state index >= 15 is 0 Å². The zero-order chi connectivity index (χ0) is 23.8. The molecule has 2 unspecified atom stereocenters. The van der Waals surface area contributed by atoms with Crippen LogP contribution in [-0.2, 0) is 0 Å². The van der Waals surface area contributed by atoms with Gasteiger partial charge in [0.05, 0.1) is 11.1 Å². The van der Waals surface area contributed by atoms with E-state index in [2.05, 4.69) is 31.6 Å². The molecule has 0 bridgehead atoms. The number of fused-ring (bicyclic) bond motifs is 1. The van der Waals surface area contributed by atoms with Crippen LogP contribution in [0.5, 0.6) is 0 Å². The van der Waals surface area contributed by atoms with E-state index in [0.29, 0.717) is 17.8 Å². The second-order valence-corrected chi connectivity index (χ2v) is 10.8. The van der Waals surface area contributed by atoms with Gasteiger partial charge in [-0.1, -0.05) is 24.3 Å². The van der Waals surface area contributed by atoms with Gasteiger partial charge in [-0.3, -0.25) is 4.79 Å². The summed E-state index contributed by atoms with van der Waals surface area (Å²) in [5, 5.41) is 5.47. The number of hydrogen-bond acceptors (Lipinski definition) is 3. The fourth-order valence-corrected chi connectivity index (χ4v) is 6.76. The third-order valence-electron chi connectivity index (χ3n) is 7.94. The number of amides is 1. The molecular formula is C29H30FN3OS. The van der Waals surface area contributed by atoms with E-state index in [4.69, 9.17) is 0 Å². The number of aromatic nitrogens is 1. The Labute approximate surface area is 209 Å². The Morgan fingerprint density at radius 3 is 2.60 bits per heavy atom. The Hall–Kier alpha value is -2.96. The van der Waals surface area contributed by atoms with Crippen molar-refractivity contribution in [2.24, 2.45) is 5.92 Å². The average Bonchev–Trinajstić information content (AvgIpc) is 3.65. The number of piperidine rings is 1. The largest absolute Gasteiger partial charge is 0.361 e. The smallest absolute Gasteiger partial charge is 0.256 e. The van der Waals surface area contributed by atoms with E-state index in [9.17, 15) is 9.18 Å². The quantitative estimate of drug-likeness (QED) is 0.369. The van der Waals surface area contributed by atoms with Crippen LogP contribution >= 0.6 is 11.3 Å². The van der Waals surface area contributed by atoms with Crippen molar-refractivity contribution in [2.45, 2.75) is 24.7 Å². The number of aromatic amines is 1. The minimum Gasteiger partial charge on any atom is -0.361 e. The molecule has 4 nitrogen and oxygen atoms in total. The Morgan fingerprint density at radius 1 is 1.00 bits per heavy atom. The first-order valence-corrected chi connectivity index (χ1v) is 13.5. The lowest BCUT2D eigenvalue weighted by molar-refractivity contribution is 0.0783. The maximum absolute atomic E-state index is 13.6. The fraction of sp³-hybridized carbons (Fsp3) is 0.345. The molecule has 4 heterocycles. The third-order valence-corrected chi connectivity index (χ3v) is 8.64. The molecule has 2 aliphatic rings. The third kappa shape index (κ3) is 4.53. The zero-order valence-electron chi connectivity index (χ0n) is 19.7. The van der Waals surface area contributed by atoms with Gasteiger partial charge >= 0.3 is 0 Å². The molecule has 2 fully saturated rings. The summed E-state index contributed by atoms with van der Waals surface area (Å²) in [6, 6.07) is 17.2. The molecule has 35 heavy (non-hydrogen) atoms. The number of halogens is 1. The van der Waals surface area contributed by atoms with Crippen molar-refractivity contribution in [1.82, 2.24) is 14.8 Å². The molecule has 2 atom stereocenters. The number of nitrogens with one attached hydrogen (secondary N) is 1. The number of hydrogen-bond donors (Lipinski definition) is 1. The van der Waals surface area contributed by atoms with E-state index in [1.807, 2.05) is 42.6 Å². The van der Waals surface area contributed by atoms with E-state index in [-0.39, 0.29) is 11.7 Å². The van der Waals surface area contributed by atoms with Crippen molar-refractivity contribution in [2.75, 3.05) is 32.7 Å². The predicted molar refractivity (Wildman–Crippen MR) is 140 cm³/mol. The molecule has 1 N–H and O–H groups in total. The minimum absolute atomic E-state index is 0.121. The van der Waals surface area contributed by atoms with Crippen LogP contribution < -0.4 is 0 Å². The summed E-state index contributed by atoms with van der Waals surface area (Å²) in [5.41, 5.74) is 4.29. The van der Waals surface area contributed by atoms with E-state index in [1.165, 1.54) is 11.1 Å². The topological polar surface area (TPSA) is 39.3 Å². The number of nitrogens with zero attached hydrogens (tertiary/aromatic N) is 2. The average molecular weight is 488 g/mol. The molecule has 6 heteroatoms. The number of thiophene rings is 1. The summed E-state index contributed by atoms with van der Waals surface area (Å²) in [6.45, 7) is 4.65. The molecule has 6 rings (SSSR count). The maximum atomic E-state index is 13.6. The summed E-state index contributed by atoms with van der Waals surface area (Å²) < 4.78 is 13.3. The van der Waals surface area contributed by atoms with Crippen molar-refractivity contribution in [3.8, 4) is 0 Å². The van der Waals surface area contributed by atoms with Gasteiger partial charge in [-0.05, 0) is 90.0 Å². The van der Waals surface area contributed by atoms with Gasteiger partial charge in [-0.2, -0.15) is 11.3 Å². The Bertz CT molecular complexity index is 1290. The highest BCUT2D eigenvalue weighted by molar-refractivity contribution is 7.08. The number of carbonyl (C=O) groups is 1. The fourth-order valence-electron chi connectivity index (χ4n) is 6.03. The van der Waals surface area contributed by atoms with Crippen LogP contribution in [0.3, 0.4) is 0 Å². The first-order chi connectivity index (χ1) is 17.2. The Balaban J connectivity index is 1.16. The molecule has 1 amide bonds. The number of H-pyrrole nitrogens is 1. The number of benzene rings is 2. The molecule has 180 valence electrons. The van der Waals surface area contributed by atoms with Crippen LogP contribution in [-0.4, -0.2) is 53.4 Å². The highest BCUT2D eigenvalue weighted by Gasteiger charge is 2.38. The number of rotatable bonds is 5. The molecule has 4 aromatic rings. The molecular weight excluding hydrogens is 457 g/mol. The first kappa shape index (κ1) is 22.5. The summed E-state index contributed by atoms with van der Waals surface area (Å²) in [4.78, 5) is 21.5. The maximum Gasteiger partial charge on any atom is 0.256 e. The highest BCUT2D eigenvalue weighted by Crippen LogP contribution is 2.37. The van der Waals surface area contributed by atoms with Gasteiger partial charge in [0, 0.05) is 37.1 Å². The summed E-state index contributed by atoms with van der Waals surface area (Å²) in [5.74, 6) is 1.23. The van der Waals surface area contributed by atoms with Gasteiger partial charge in [0.25, 0.3) is 5.91 Å². The molecule has 2 aromatic carbocycles. The lowest BCUT2D eigenvalue weighted by Gasteiger charge is -2.34. The van der Waals surface area contributed by atoms with Gasteiger partial charge in [0.15, 0.2) is 0 Å². The minimum atomic E-state index is -0.168. The highest BCUT2D eigenvalue weighted by atomic mass is 32.1. The van der Waals surface area contributed by atoms with Crippen molar-refractivity contribution < 1.29 is 9.18 Å². The van der Waals surface area contributed by atoms with Crippen molar-refractivity contribution in [3.63, 3.8) is 0 Å². The normalized spacial score (nSPS) is 21.7. The van der Waals surface area contributed by atoms with Crippen LogP contribution in [0.2, 0.25) is 0 Å². The number of likely N-dealkylation sites (tertiary alicyclic amines) is 2. The van der Waals surface area contributed by atoms with Gasteiger partial charge in [0.2, 0.25) is 0 Å². The molecule has 0 spiro atoms. The van der Waals surface area contributed by atoms with Gasteiger partial charge in [-0.25, -0.2) is 4.39 Å². The molecule has 0 radical (unpaired) electrons. The Morgan fingerprint density at radius 2 is 1.83 bits per heavy atom. The molecule has 2 aliphatic heterocycles. The van der Waals surface area contributed by atoms with Crippen LogP contribution in [0.4, 0.5) is 4.39 Å². The second-order valence-electron chi connectivity index (χ2n) is 10.0.